The molecule has 2 rings (SSSR count). The van der Waals surface area contributed by atoms with Crippen LogP contribution in [0.1, 0.15) is 22.3 Å². The van der Waals surface area contributed by atoms with E-state index in [-0.39, 0.29) is 0 Å². The average molecular weight is 265 g/mol. The fourth-order valence-electron chi connectivity index (χ4n) is 1.83. The number of benzene rings is 2. The molecule has 4 heteroatoms. The quantitative estimate of drug-likeness (QED) is 0.681. The van der Waals surface area contributed by atoms with E-state index < -0.39 is 18.2 Å². The molecular weight excluding hydrogens is 254 g/mol. The molecule has 20 heavy (non-hydrogen) atoms. The zero-order chi connectivity index (χ0) is 14.5. The SMILES string of the molecule is N#Cc1ccc(-c2ccc(C(=O)CC(=O)O)cc2)cc1. The second-order valence-corrected chi connectivity index (χ2v) is 4.26. The lowest BCUT2D eigenvalue weighted by Gasteiger charge is -2.03. The fraction of sp³-hybridized carbons (Fsp3) is 0.0625. The molecule has 0 saturated carbocycles. The van der Waals surface area contributed by atoms with Crippen LogP contribution in [0.25, 0.3) is 11.1 Å². The van der Waals surface area contributed by atoms with Crippen LogP contribution in [0, 0.1) is 11.3 Å². The summed E-state index contributed by atoms with van der Waals surface area (Å²) in [6.45, 7) is 0. The van der Waals surface area contributed by atoms with Crippen LogP contribution in [-0.2, 0) is 4.79 Å². The third-order valence-electron chi connectivity index (χ3n) is 2.87. The molecule has 0 unspecified atom stereocenters. The number of Topliss-reactive ketones (excluding diaryl/α,β-unsaturated/α-hetero) is 1. The number of carboxylic acids is 1. The molecule has 0 bridgehead atoms. The Labute approximate surface area is 115 Å². The van der Waals surface area contributed by atoms with Crippen molar-refractivity contribution in [1.82, 2.24) is 0 Å². The van der Waals surface area contributed by atoms with Gasteiger partial charge in [-0.2, -0.15) is 5.26 Å². The number of aliphatic carboxylic acids is 1. The van der Waals surface area contributed by atoms with Gasteiger partial charge in [-0.3, -0.25) is 9.59 Å². The summed E-state index contributed by atoms with van der Waals surface area (Å²) < 4.78 is 0. The van der Waals surface area contributed by atoms with Gasteiger partial charge in [0.05, 0.1) is 11.6 Å². The van der Waals surface area contributed by atoms with Crippen LogP contribution in [-0.4, -0.2) is 16.9 Å². The molecule has 4 nitrogen and oxygen atoms in total. The molecule has 0 aliphatic carbocycles. The van der Waals surface area contributed by atoms with Gasteiger partial charge in [-0.25, -0.2) is 0 Å². The maximum atomic E-state index is 11.6. The summed E-state index contributed by atoms with van der Waals surface area (Å²) >= 11 is 0. The predicted octanol–water partition coefficient (Wildman–Crippen LogP) is 2.88. The van der Waals surface area contributed by atoms with E-state index in [4.69, 9.17) is 10.4 Å². The molecule has 0 radical (unpaired) electrons. The number of hydrogen-bond acceptors (Lipinski definition) is 3. The van der Waals surface area contributed by atoms with Gasteiger partial charge in [0.25, 0.3) is 0 Å². The van der Waals surface area contributed by atoms with Gasteiger partial charge in [0.1, 0.15) is 6.42 Å². The Bertz CT molecular complexity index is 679. The van der Waals surface area contributed by atoms with Crippen molar-refractivity contribution in [1.29, 1.82) is 5.26 Å². The summed E-state index contributed by atoms with van der Waals surface area (Å²) in [6.07, 6.45) is -0.504. The minimum atomic E-state index is -1.13. The number of carbonyl (C=O) groups is 2. The third-order valence-corrected chi connectivity index (χ3v) is 2.87. The number of carbonyl (C=O) groups excluding carboxylic acids is 1. The minimum absolute atomic E-state index is 0.379. The predicted molar refractivity (Wildman–Crippen MR) is 73.2 cm³/mol. The standard InChI is InChI=1S/C16H11NO3/c17-10-11-1-3-12(4-2-11)13-5-7-14(8-6-13)15(18)9-16(19)20/h1-8H,9H2,(H,19,20). The smallest absolute Gasteiger partial charge is 0.311 e. The Balaban J connectivity index is 2.21. The third kappa shape index (κ3) is 3.09. The van der Waals surface area contributed by atoms with Gasteiger partial charge in [-0.15, -0.1) is 0 Å². The highest BCUT2D eigenvalue weighted by molar-refractivity contribution is 6.05. The Morgan fingerprint density at radius 3 is 1.90 bits per heavy atom. The second kappa shape index (κ2) is 5.81. The maximum Gasteiger partial charge on any atom is 0.311 e. The first-order chi connectivity index (χ1) is 9.60. The molecule has 98 valence electrons. The molecule has 0 spiro atoms. The van der Waals surface area contributed by atoms with Gasteiger partial charge >= 0.3 is 5.97 Å². The van der Waals surface area contributed by atoms with E-state index >= 15 is 0 Å². The zero-order valence-corrected chi connectivity index (χ0v) is 10.5. The number of nitrogens with zero attached hydrogens (tertiary/aromatic N) is 1. The normalized spacial score (nSPS) is 9.75. The summed E-state index contributed by atoms with van der Waals surface area (Å²) in [5.41, 5.74) is 2.80. The minimum Gasteiger partial charge on any atom is -0.481 e. The highest BCUT2D eigenvalue weighted by atomic mass is 16.4. The Morgan fingerprint density at radius 2 is 1.45 bits per heavy atom. The van der Waals surface area contributed by atoms with Crippen molar-refractivity contribution in [2.45, 2.75) is 6.42 Å². The first-order valence-electron chi connectivity index (χ1n) is 5.96. The van der Waals surface area contributed by atoms with Gasteiger partial charge in [0, 0.05) is 5.56 Å². The van der Waals surface area contributed by atoms with Crippen molar-refractivity contribution >= 4 is 11.8 Å². The molecule has 0 amide bonds. The molecule has 2 aromatic rings. The van der Waals surface area contributed by atoms with E-state index in [0.717, 1.165) is 11.1 Å². The van der Waals surface area contributed by atoms with Crippen molar-refractivity contribution in [3.8, 4) is 17.2 Å². The summed E-state index contributed by atoms with van der Waals surface area (Å²) in [7, 11) is 0. The van der Waals surface area contributed by atoms with Crippen molar-refractivity contribution in [3.05, 3.63) is 59.7 Å². The van der Waals surface area contributed by atoms with E-state index in [9.17, 15) is 9.59 Å². The molecule has 0 aliphatic rings. The number of carboxylic acid groups (broad SMARTS) is 1. The summed E-state index contributed by atoms with van der Waals surface area (Å²) in [6, 6.07) is 15.9. The van der Waals surface area contributed by atoms with Gasteiger partial charge in [0.2, 0.25) is 0 Å². The van der Waals surface area contributed by atoms with Crippen LogP contribution in [0.3, 0.4) is 0 Å². The highest BCUT2D eigenvalue weighted by Gasteiger charge is 2.10. The fourth-order valence-corrected chi connectivity index (χ4v) is 1.83. The lowest BCUT2D eigenvalue weighted by molar-refractivity contribution is -0.135. The summed E-state index contributed by atoms with van der Waals surface area (Å²) in [5, 5.41) is 17.3. The van der Waals surface area contributed by atoms with Gasteiger partial charge in [-0.1, -0.05) is 36.4 Å². The van der Waals surface area contributed by atoms with Crippen molar-refractivity contribution in [3.63, 3.8) is 0 Å². The molecule has 0 fully saturated rings. The van der Waals surface area contributed by atoms with Gasteiger partial charge < -0.3 is 5.11 Å². The van der Waals surface area contributed by atoms with Crippen molar-refractivity contribution in [2.75, 3.05) is 0 Å². The monoisotopic (exact) mass is 265 g/mol. The first-order valence-corrected chi connectivity index (χ1v) is 5.96. The highest BCUT2D eigenvalue weighted by Crippen LogP contribution is 2.20. The molecule has 0 aliphatic heterocycles. The van der Waals surface area contributed by atoms with Gasteiger partial charge in [-0.05, 0) is 23.3 Å². The van der Waals surface area contributed by atoms with E-state index in [1.807, 2.05) is 18.2 Å². The number of hydrogen-bond donors (Lipinski definition) is 1. The molecular formula is C16H11NO3. The molecule has 0 aromatic heterocycles. The van der Waals surface area contributed by atoms with Crippen LogP contribution < -0.4 is 0 Å². The lowest BCUT2D eigenvalue weighted by Crippen LogP contribution is -2.06. The summed E-state index contributed by atoms with van der Waals surface area (Å²) in [5.74, 6) is -1.55. The number of ketones is 1. The lowest BCUT2D eigenvalue weighted by atomic mass is 10.0. The molecule has 0 atom stereocenters. The number of rotatable bonds is 4. The van der Waals surface area contributed by atoms with E-state index in [2.05, 4.69) is 0 Å². The number of nitriles is 1. The van der Waals surface area contributed by atoms with Crippen LogP contribution in [0.15, 0.2) is 48.5 Å². The molecule has 0 heterocycles. The van der Waals surface area contributed by atoms with Crippen LogP contribution >= 0.6 is 0 Å². The Hall–Kier alpha value is -2.93. The molecule has 1 N–H and O–H groups in total. The zero-order valence-electron chi connectivity index (χ0n) is 10.5. The topological polar surface area (TPSA) is 78.2 Å². The van der Waals surface area contributed by atoms with E-state index in [0.29, 0.717) is 11.1 Å². The molecule has 2 aromatic carbocycles. The van der Waals surface area contributed by atoms with Gasteiger partial charge in [0.15, 0.2) is 5.78 Å². The average Bonchev–Trinajstić information content (AvgIpc) is 2.47. The van der Waals surface area contributed by atoms with E-state index in [1.165, 1.54) is 0 Å². The van der Waals surface area contributed by atoms with Crippen LogP contribution in [0.4, 0.5) is 0 Å². The second-order valence-electron chi connectivity index (χ2n) is 4.26. The van der Waals surface area contributed by atoms with Crippen LogP contribution in [0.5, 0.6) is 0 Å². The van der Waals surface area contributed by atoms with Crippen molar-refractivity contribution < 1.29 is 14.7 Å². The first kappa shape index (κ1) is 13.5. The maximum absolute atomic E-state index is 11.6. The largest absolute Gasteiger partial charge is 0.481 e. The van der Waals surface area contributed by atoms with E-state index in [1.54, 1.807) is 36.4 Å². The molecule has 0 saturated heterocycles. The van der Waals surface area contributed by atoms with Crippen molar-refractivity contribution in [2.24, 2.45) is 0 Å². The van der Waals surface area contributed by atoms with Crippen LogP contribution in [0.2, 0.25) is 0 Å². The Kier molecular flexibility index (Phi) is 3.92. The summed E-state index contributed by atoms with van der Waals surface area (Å²) in [4.78, 5) is 22.1. The Morgan fingerprint density at radius 1 is 0.950 bits per heavy atom.